The second-order valence-electron chi connectivity index (χ2n) is 4.15. The van der Waals surface area contributed by atoms with Crippen LogP contribution in [0.5, 0.6) is 5.75 Å². The summed E-state index contributed by atoms with van der Waals surface area (Å²) in [7, 11) is 0. The van der Waals surface area contributed by atoms with Gasteiger partial charge in [-0.15, -0.1) is 0 Å². The van der Waals surface area contributed by atoms with Crippen LogP contribution in [0.3, 0.4) is 0 Å². The Labute approximate surface area is 104 Å². The van der Waals surface area contributed by atoms with Crippen molar-refractivity contribution in [2.24, 2.45) is 0 Å². The lowest BCUT2D eigenvalue weighted by Gasteiger charge is -2.16. The third-order valence-electron chi connectivity index (χ3n) is 2.90. The Kier molecular flexibility index (Phi) is 2.93. The molecule has 2 aliphatic rings. The van der Waals surface area contributed by atoms with Crippen LogP contribution < -0.4 is 21.1 Å². The Morgan fingerprint density at radius 1 is 1.11 bits per heavy atom. The summed E-state index contributed by atoms with van der Waals surface area (Å²) in [6, 6.07) is 9.27. The fourth-order valence-electron chi connectivity index (χ4n) is 1.95. The number of carbonyl (C=O) groups excluding carboxylic acids is 1. The molecule has 3 N–H and O–H groups in total. The lowest BCUT2D eigenvalue weighted by atomic mass is 9.99. The second kappa shape index (κ2) is 4.73. The van der Waals surface area contributed by atoms with Gasteiger partial charge in [0, 0.05) is 0 Å². The number of rotatable bonds is 2. The normalized spacial score (nSPS) is 25.4. The van der Waals surface area contributed by atoms with Crippen molar-refractivity contribution in [2.75, 3.05) is 0 Å². The maximum Gasteiger partial charge on any atom is 0.343 e. The second-order valence-corrected chi connectivity index (χ2v) is 4.15. The van der Waals surface area contributed by atoms with Crippen LogP contribution in [-0.2, 0) is 4.79 Å². The minimum atomic E-state index is -0.343. The number of nitrogens with one attached hydrogen (secondary N) is 3. The predicted octanol–water partition coefficient (Wildman–Crippen LogP) is 0.438. The van der Waals surface area contributed by atoms with Gasteiger partial charge in [0.1, 0.15) is 5.75 Å². The Morgan fingerprint density at radius 3 is 2.72 bits per heavy atom. The highest BCUT2D eigenvalue weighted by Gasteiger charge is 2.27. The summed E-state index contributed by atoms with van der Waals surface area (Å²) in [5, 5.41) is 0. The van der Waals surface area contributed by atoms with Gasteiger partial charge in [0.05, 0.1) is 17.7 Å². The largest absolute Gasteiger partial charge is 0.423 e. The molecule has 1 aromatic rings. The number of para-hydroxylation sites is 1. The van der Waals surface area contributed by atoms with Gasteiger partial charge in [0.15, 0.2) is 0 Å². The molecule has 1 heterocycles. The first kappa shape index (κ1) is 11.2. The summed E-state index contributed by atoms with van der Waals surface area (Å²) in [6.45, 7) is 0. The molecule has 0 saturated carbocycles. The van der Waals surface area contributed by atoms with Crippen LogP contribution in [0.2, 0.25) is 0 Å². The number of benzene rings is 1. The van der Waals surface area contributed by atoms with Crippen LogP contribution in [-0.4, -0.2) is 18.1 Å². The molecule has 1 aliphatic carbocycles. The van der Waals surface area contributed by atoms with Crippen LogP contribution in [0, 0.1) is 0 Å². The first-order valence-electron chi connectivity index (χ1n) is 5.76. The van der Waals surface area contributed by atoms with Gasteiger partial charge >= 0.3 is 5.97 Å². The van der Waals surface area contributed by atoms with Crippen molar-refractivity contribution in [1.29, 1.82) is 0 Å². The molecule has 2 unspecified atom stereocenters. The van der Waals surface area contributed by atoms with Gasteiger partial charge in [-0.1, -0.05) is 30.4 Å². The Balaban J connectivity index is 1.72. The van der Waals surface area contributed by atoms with E-state index in [0.717, 1.165) is 0 Å². The van der Waals surface area contributed by atoms with Crippen molar-refractivity contribution in [1.82, 2.24) is 16.4 Å². The van der Waals surface area contributed by atoms with Crippen molar-refractivity contribution in [3.8, 4) is 5.75 Å². The molecule has 1 aliphatic heterocycles. The zero-order valence-electron chi connectivity index (χ0n) is 9.59. The van der Waals surface area contributed by atoms with E-state index in [0.29, 0.717) is 11.3 Å². The van der Waals surface area contributed by atoms with Crippen LogP contribution in [0.1, 0.15) is 0 Å². The minimum Gasteiger partial charge on any atom is -0.423 e. The highest BCUT2D eigenvalue weighted by molar-refractivity contribution is 5.93. The van der Waals surface area contributed by atoms with E-state index in [-0.39, 0.29) is 18.1 Å². The van der Waals surface area contributed by atoms with E-state index < -0.39 is 0 Å². The molecule has 3 rings (SSSR count). The van der Waals surface area contributed by atoms with Gasteiger partial charge < -0.3 is 4.74 Å². The first-order chi connectivity index (χ1) is 8.83. The predicted molar refractivity (Wildman–Crippen MR) is 66.3 cm³/mol. The quantitative estimate of drug-likeness (QED) is 0.519. The van der Waals surface area contributed by atoms with Crippen molar-refractivity contribution in [3.63, 3.8) is 0 Å². The van der Waals surface area contributed by atoms with Crippen LogP contribution >= 0.6 is 0 Å². The van der Waals surface area contributed by atoms with Gasteiger partial charge in [-0.25, -0.2) is 15.6 Å². The molecular weight excluding hydrogens is 230 g/mol. The average molecular weight is 243 g/mol. The van der Waals surface area contributed by atoms with E-state index in [9.17, 15) is 4.79 Å². The SMILES string of the molecule is O=C(Oc1ccccc1)C1=CC2NNNC2C=C1. The standard InChI is InChI=1S/C13H13N3O2/c17-13(18-10-4-2-1-3-5-10)9-6-7-11-12(8-9)15-16-14-11/h1-8,11-12,14-16H. The summed E-state index contributed by atoms with van der Waals surface area (Å²) in [6.07, 6.45) is 5.55. The van der Waals surface area contributed by atoms with E-state index in [4.69, 9.17) is 4.74 Å². The molecule has 0 bridgehead atoms. The number of hydrogen-bond acceptors (Lipinski definition) is 5. The van der Waals surface area contributed by atoms with Crippen LogP contribution in [0.15, 0.2) is 54.1 Å². The minimum absolute atomic E-state index is 0.0633. The van der Waals surface area contributed by atoms with Crippen molar-refractivity contribution >= 4 is 5.97 Å². The molecule has 0 amide bonds. The van der Waals surface area contributed by atoms with Gasteiger partial charge in [-0.2, -0.15) is 5.53 Å². The number of esters is 1. The van der Waals surface area contributed by atoms with Gasteiger partial charge in [0.25, 0.3) is 0 Å². The molecule has 18 heavy (non-hydrogen) atoms. The lowest BCUT2D eigenvalue weighted by molar-refractivity contribution is -0.129. The summed E-state index contributed by atoms with van der Waals surface area (Å²) in [5.41, 5.74) is 9.41. The van der Waals surface area contributed by atoms with Crippen molar-refractivity contribution in [3.05, 3.63) is 54.1 Å². The monoisotopic (exact) mass is 243 g/mol. The molecule has 1 aromatic carbocycles. The Bertz CT molecular complexity index is 510. The molecule has 2 atom stereocenters. The zero-order valence-corrected chi connectivity index (χ0v) is 9.59. The fourth-order valence-corrected chi connectivity index (χ4v) is 1.95. The molecule has 0 spiro atoms. The summed E-state index contributed by atoms with van der Waals surface area (Å²) >= 11 is 0. The molecule has 1 saturated heterocycles. The zero-order chi connectivity index (χ0) is 12.4. The van der Waals surface area contributed by atoms with Crippen molar-refractivity contribution in [2.45, 2.75) is 12.1 Å². The Hall–Kier alpha value is -1.95. The molecular formula is C13H13N3O2. The summed E-state index contributed by atoms with van der Waals surface area (Å²) in [4.78, 5) is 11.9. The third kappa shape index (κ3) is 2.19. The lowest BCUT2D eigenvalue weighted by Crippen LogP contribution is -2.33. The first-order valence-corrected chi connectivity index (χ1v) is 5.76. The van der Waals surface area contributed by atoms with Gasteiger partial charge in [-0.3, -0.25) is 0 Å². The molecule has 0 radical (unpaired) electrons. The van der Waals surface area contributed by atoms with Gasteiger partial charge in [-0.05, 0) is 18.2 Å². The third-order valence-corrected chi connectivity index (χ3v) is 2.90. The number of fused-ring (bicyclic) bond motifs is 1. The summed E-state index contributed by atoms with van der Waals surface area (Å²) < 4.78 is 5.28. The van der Waals surface area contributed by atoms with Crippen LogP contribution in [0.4, 0.5) is 0 Å². The Morgan fingerprint density at radius 2 is 1.89 bits per heavy atom. The highest BCUT2D eigenvalue weighted by atomic mass is 16.5. The number of carbonyl (C=O) groups is 1. The fraction of sp³-hybridized carbons (Fsp3) is 0.154. The van der Waals surface area contributed by atoms with E-state index in [2.05, 4.69) is 16.4 Å². The maximum absolute atomic E-state index is 11.9. The highest BCUT2D eigenvalue weighted by Crippen LogP contribution is 2.16. The van der Waals surface area contributed by atoms with Crippen molar-refractivity contribution < 1.29 is 9.53 Å². The summed E-state index contributed by atoms with van der Waals surface area (Å²) in [5.74, 6) is 0.208. The topological polar surface area (TPSA) is 62.4 Å². The number of hydrazine groups is 2. The van der Waals surface area contributed by atoms with E-state index >= 15 is 0 Å². The van der Waals surface area contributed by atoms with Gasteiger partial charge in [0.2, 0.25) is 0 Å². The maximum atomic E-state index is 11.9. The smallest absolute Gasteiger partial charge is 0.343 e. The molecule has 5 nitrogen and oxygen atoms in total. The van der Waals surface area contributed by atoms with E-state index in [1.807, 2.05) is 30.4 Å². The molecule has 92 valence electrons. The molecule has 0 aromatic heterocycles. The molecule has 1 fully saturated rings. The number of hydrogen-bond donors (Lipinski definition) is 3. The van der Waals surface area contributed by atoms with Crippen LogP contribution in [0.25, 0.3) is 0 Å². The van der Waals surface area contributed by atoms with E-state index in [1.165, 1.54) is 0 Å². The average Bonchev–Trinajstić information content (AvgIpc) is 2.87. The van der Waals surface area contributed by atoms with E-state index in [1.54, 1.807) is 18.2 Å². The number of ether oxygens (including phenoxy) is 1. The molecule has 5 heteroatoms.